The highest BCUT2D eigenvalue weighted by molar-refractivity contribution is 5.96. The summed E-state index contributed by atoms with van der Waals surface area (Å²) in [6.45, 7) is 7.13. The lowest BCUT2D eigenvalue weighted by molar-refractivity contribution is -0.385. The summed E-state index contributed by atoms with van der Waals surface area (Å²) in [7, 11) is 0. The number of esters is 1. The molecule has 0 fully saturated rings. The molecule has 0 aromatic heterocycles. The minimum atomic E-state index is -0.883. The second kappa shape index (κ2) is 8.65. The third kappa shape index (κ3) is 5.16. The smallest absolute Gasteiger partial charge is 0.345 e. The van der Waals surface area contributed by atoms with Crippen LogP contribution in [0, 0.1) is 17.0 Å². The Kier molecular flexibility index (Phi) is 6.51. The predicted molar refractivity (Wildman–Crippen MR) is 105 cm³/mol. The fraction of sp³-hybridized carbons (Fsp3) is 0.333. The Labute approximate surface area is 164 Å². The van der Waals surface area contributed by atoms with E-state index in [4.69, 9.17) is 4.74 Å². The number of amides is 1. The maximum absolute atomic E-state index is 12.7. The molecule has 0 aliphatic rings. The molecule has 7 heteroatoms. The van der Waals surface area contributed by atoms with E-state index in [1.54, 1.807) is 17.9 Å². The molecule has 0 spiro atoms. The lowest BCUT2D eigenvalue weighted by Gasteiger charge is -2.35. The number of hydrogen-bond acceptors (Lipinski definition) is 5. The average Bonchev–Trinajstić information content (AvgIpc) is 2.63. The molecule has 0 saturated carbocycles. The van der Waals surface area contributed by atoms with Crippen LogP contribution in [0.1, 0.15) is 42.3 Å². The Morgan fingerprint density at radius 3 is 2.29 bits per heavy atom. The van der Waals surface area contributed by atoms with Crippen LogP contribution in [0.2, 0.25) is 0 Å². The Balaban J connectivity index is 2.15. The number of nitro groups is 1. The van der Waals surface area contributed by atoms with Gasteiger partial charge in [-0.3, -0.25) is 14.9 Å². The van der Waals surface area contributed by atoms with Gasteiger partial charge < -0.3 is 9.64 Å². The van der Waals surface area contributed by atoms with Gasteiger partial charge in [-0.25, -0.2) is 4.79 Å². The summed E-state index contributed by atoms with van der Waals surface area (Å²) < 4.78 is 5.14. The molecule has 0 unspecified atom stereocenters. The van der Waals surface area contributed by atoms with Gasteiger partial charge in [-0.2, -0.15) is 0 Å². The molecule has 0 atom stereocenters. The zero-order valence-corrected chi connectivity index (χ0v) is 16.5. The van der Waals surface area contributed by atoms with Gasteiger partial charge in [-0.1, -0.05) is 42.5 Å². The van der Waals surface area contributed by atoms with Crippen LogP contribution >= 0.6 is 0 Å². The van der Waals surface area contributed by atoms with Crippen LogP contribution in [-0.2, 0) is 16.1 Å². The van der Waals surface area contributed by atoms with Gasteiger partial charge in [0, 0.05) is 18.2 Å². The minimum absolute atomic E-state index is 0.134. The maximum Gasteiger partial charge on any atom is 0.345 e. The Bertz CT molecular complexity index is 872. The molecule has 2 aromatic rings. The third-order valence-electron chi connectivity index (χ3n) is 4.27. The van der Waals surface area contributed by atoms with Crippen LogP contribution in [0.4, 0.5) is 5.69 Å². The molecule has 148 valence electrons. The Morgan fingerprint density at radius 2 is 1.71 bits per heavy atom. The van der Waals surface area contributed by atoms with Crippen molar-refractivity contribution in [2.24, 2.45) is 0 Å². The van der Waals surface area contributed by atoms with Crippen LogP contribution < -0.4 is 0 Å². The van der Waals surface area contributed by atoms with E-state index in [2.05, 4.69) is 0 Å². The van der Waals surface area contributed by atoms with Crippen molar-refractivity contribution in [3.63, 3.8) is 0 Å². The monoisotopic (exact) mass is 384 g/mol. The van der Waals surface area contributed by atoms with Gasteiger partial charge in [0.2, 0.25) is 0 Å². The molecule has 0 radical (unpaired) electrons. The molecular formula is C21H24N2O5. The summed E-state index contributed by atoms with van der Waals surface area (Å²) in [5.41, 5.74) is 0.406. The summed E-state index contributed by atoms with van der Waals surface area (Å²) in [6, 6.07) is 13.8. The Morgan fingerprint density at radius 1 is 1.07 bits per heavy atom. The van der Waals surface area contributed by atoms with Crippen molar-refractivity contribution in [2.45, 2.75) is 39.8 Å². The number of nitro benzene ring substituents is 1. The molecule has 2 rings (SSSR count). The van der Waals surface area contributed by atoms with Crippen LogP contribution in [0.5, 0.6) is 0 Å². The molecule has 0 heterocycles. The van der Waals surface area contributed by atoms with Gasteiger partial charge in [0.15, 0.2) is 6.61 Å². The fourth-order valence-electron chi connectivity index (χ4n) is 2.81. The first kappa shape index (κ1) is 21.1. The number of ether oxygens (including phenoxy) is 1. The molecule has 0 N–H and O–H groups in total. The first-order valence-corrected chi connectivity index (χ1v) is 8.87. The number of aryl methyl sites for hydroxylation is 1. The number of nitrogens with zero attached hydrogens (tertiary/aromatic N) is 2. The van der Waals surface area contributed by atoms with Crippen molar-refractivity contribution in [1.29, 1.82) is 0 Å². The molecular weight excluding hydrogens is 360 g/mol. The number of carbonyl (C=O) groups excluding carboxylic acids is 2. The number of carbonyl (C=O) groups is 2. The van der Waals surface area contributed by atoms with Gasteiger partial charge in [-0.05, 0) is 38.8 Å². The third-order valence-corrected chi connectivity index (χ3v) is 4.27. The predicted octanol–water partition coefficient (Wildman–Crippen LogP) is 3.89. The van der Waals surface area contributed by atoms with Crippen molar-refractivity contribution >= 4 is 17.6 Å². The number of hydrogen-bond donors (Lipinski definition) is 0. The molecule has 0 aliphatic carbocycles. The Hall–Kier alpha value is -3.22. The van der Waals surface area contributed by atoms with Gasteiger partial charge in [0.25, 0.3) is 11.6 Å². The number of benzene rings is 2. The van der Waals surface area contributed by atoms with Crippen LogP contribution in [-0.4, -0.2) is 33.8 Å². The van der Waals surface area contributed by atoms with Crippen molar-refractivity contribution in [2.75, 3.05) is 6.61 Å². The van der Waals surface area contributed by atoms with Crippen molar-refractivity contribution in [3.05, 3.63) is 75.3 Å². The topological polar surface area (TPSA) is 89.7 Å². The number of rotatable bonds is 6. The SMILES string of the molecule is Cc1cccc([N+](=O)[O-])c1C(=O)OCC(=O)N(Cc1ccccc1)C(C)(C)C. The van der Waals surface area contributed by atoms with E-state index in [0.29, 0.717) is 12.1 Å². The summed E-state index contributed by atoms with van der Waals surface area (Å²) in [6.07, 6.45) is 0. The zero-order chi connectivity index (χ0) is 20.9. The first-order valence-electron chi connectivity index (χ1n) is 8.87. The highest BCUT2D eigenvalue weighted by Gasteiger charge is 2.29. The van der Waals surface area contributed by atoms with Gasteiger partial charge in [0.1, 0.15) is 5.56 Å². The van der Waals surface area contributed by atoms with Crippen molar-refractivity contribution in [1.82, 2.24) is 4.90 Å². The fourth-order valence-corrected chi connectivity index (χ4v) is 2.81. The van der Waals surface area contributed by atoms with Gasteiger partial charge >= 0.3 is 5.97 Å². The summed E-state index contributed by atoms with van der Waals surface area (Å²) in [5.74, 6) is -1.26. The molecule has 2 aromatic carbocycles. The second-order valence-corrected chi connectivity index (χ2v) is 7.44. The van der Waals surface area contributed by atoms with Gasteiger partial charge in [-0.15, -0.1) is 0 Å². The summed E-state index contributed by atoms with van der Waals surface area (Å²) in [5, 5.41) is 11.2. The molecule has 1 amide bonds. The molecule has 0 aliphatic heterocycles. The van der Waals surface area contributed by atoms with E-state index < -0.39 is 23.0 Å². The van der Waals surface area contributed by atoms with Crippen LogP contribution in [0.3, 0.4) is 0 Å². The average molecular weight is 384 g/mol. The lowest BCUT2D eigenvalue weighted by atomic mass is 10.0. The normalized spacial score (nSPS) is 11.0. The van der Waals surface area contributed by atoms with E-state index >= 15 is 0 Å². The van der Waals surface area contributed by atoms with Crippen molar-refractivity contribution in [3.8, 4) is 0 Å². The lowest BCUT2D eigenvalue weighted by Crippen LogP contribution is -2.46. The molecule has 7 nitrogen and oxygen atoms in total. The van der Waals surface area contributed by atoms with E-state index in [9.17, 15) is 19.7 Å². The summed E-state index contributed by atoms with van der Waals surface area (Å²) >= 11 is 0. The quantitative estimate of drug-likeness (QED) is 0.428. The van der Waals surface area contributed by atoms with E-state index in [1.165, 1.54) is 12.1 Å². The largest absolute Gasteiger partial charge is 0.452 e. The molecule has 0 bridgehead atoms. The summed E-state index contributed by atoms with van der Waals surface area (Å²) in [4.78, 5) is 37.3. The van der Waals surface area contributed by atoms with Gasteiger partial charge in [0.05, 0.1) is 4.92 Å². The molecule has 28 heavy (non-hydrogen) atoms. The second-order valence-electron chi connectivity index (χ2n) is 7.44. The standard InChI is InChI=1S/C21H24N2O5/c1-15-9-8-12-17(23(26)27)19(15)20(25)28-14-18(24)22(21(2,3)4)13-16-10-6-5-7-11-16/h5-12H,13-14H2,1-4H3. The minimum Gasteiger partial charge on any atom is -0.452 e. The van der Waals surface area contributed by atoms with E-state index in [1.807, 2.05) is 51.1 Å². The van der Waals surface area contributed by atoms with E-state index in [0.717, 1.165) is 5.56 Å². The molecule has 0 saturated heterocycles. The zero-order valence-electron chi connectivity index (χ0n) is 16.5. The maximum atomic E-state index is 12.7. The van der Waals surface area contributed by atoms with Crippen LogP contribution in [0.15, 0.2) is 48.5 Å². The van der Waals surface area contributed by atoms with Crippen molar-refractivity contribution < 1.29 is 19.2 Å². The van der Waals surface area contributed by atoms with E-state index in [-0.39, 0.29) is 17.2 Å². The van der Waals surface area contributed by atoms with Crippen LogP contribution in [0.25, 0.3) is 0 Å². The highest BCUT2D eigenvalue weighted by atomic mass is 16.6. The highest BCUT2D eigenvalue weighted by Crippen LogP contribution is 2.23. The first-order chi connectivity index (χ1) is 13.1.